The number of carbonyl (C=O) groups is 1. The summed E-state index contributed by atoms with van der Waals surface area (Å²) in [6.45, 7) is 2.09. The largest absolute Gasteiger partial charge is 0.296 e. The Labute approximate surface area is 178 Å². The molecule has 0 fully saturated rings. The maximum atomic E-state index is 12.4. The van der Waals surface area contributed by atoms with Crippen LogP contribution in [0.2, 0.25) is 0 Å². The number of aromatic nitrogens is 2. The van der Waals surface area contributed by atoms with Crippen LogP contribution in [0, 0.1) is 6.92 Å². The van der Waals surface area contributed by atoms with Crippen LogP contribution < -0.4 is 9.62 Å². The summed E-state index contributed by atoms with van der Waals surface area (Å²) in [5.74, 6) is -0.293. The average Bonchev–Trinajstić information content (AvgIpc) is 3.13. The zero-order chi connectivity index (χ0) is 21.0. The molecule has 1 aromatic heterocycles. The third-order valence-electron chi connectivity index (χ3n) is 4.03. The van der Waals surface area contributed by atoms with Gasteiger partial charge in [-0.05, 0) is 48.6 Å². The lowest BCUT2D eigenvalue weighted by molar-refractivity contribution is 0.102. The molecule has 3 aromatic rings. The van der Waals surface area contributed by atoms with Gasteiger partial charge in [0.15, 0.2) is 4.34 Å². The van der Waals surface area contributed by atoms with Crippen molar-refractivity contribution in [2.75, 3.05) is 22.1 Å². The number of carbonyl (C=O) groups excluding carboxylic acids is 1. The van der Waals surface area contributed by atoms with E-state index in [-0.39, 0.29) is 12.5 Å². The number of thioether (sulfide) groups is 1. The fraction of sp³-hybridized carbons (Fsp3) is 0.211. The molecule has 0 atom stereocenters. The van der Waals surface area contributed by atoms with Crippen molar-refractivity contribution in [2.24, 2.45) is 0 Å². The molecule has 1 amide bonds. The van der Waals surface area contributed by atoms with Crippen LogP contribution in [0.5, 0.6) is 0 Å². The zero-order valence-electron chi connectivity index (χ0n) is 16.1. The van der Waals surface area contributed by atoms with E-state index in [1.165, 1.54) is 33.7 Å². The molecule has 0 aliphatic carbocycles. The van der Waals surface area contributed by atoms with Crippen molar-refractivity contribution in [3.63, 3.8) is 0 Å². The maximum absolute atomic E-state index is 12.4. The molecule has 0 saturated heterocycles. The molecule has 0 spiro atoms. The molecule has 3 rings (SSSR count). The monoisotopic (exact) mass is 448 g/mol. The minimum absolute atomic E-state index is 0.178. The highest BCUT2D eigenvalue weighted by Crippen LogP contribution is 2.24. The Hall–Kier alpha value is -2.43. The highest BCUT2D eigenvalue weighted by molar-refractivity contribution is 8.00. The number of amides is 1. The molecule has 0 unspecified atom stereocenters. The predicted octanol–water partition coefficient (Wildman–Crippen LogP) is 3.79. The predicted molar refractivity (Wildman–Crippen MR) is 118 cm³/mol. The molecule has 0 bridgehead atoms. The summed E-state index contributed by atoms with van der Waals surface area (Å²) in [7, 11) is -3.46. The highest BCUT2D eigenvalue weighted by atomic mass is 32.2. The van der Waals surface area contributed by atoms with Crippen LogP contribution in [0.15, 0.2) is 52.9 Å². The first kappa shape index (κ1) is 21.3. The first-order chi connectivity index (χ1) is 13.8. The highest BCUT2D eigenvalue weighted by Gasteiger charge is 2.18. The molecule has 1 N–H and O–H groups in total. The number of nitrogens with one attached hydrogen (secondary N) is 1. The van der Waals surface area contributed by atoms with Gasteiger partial charge >= 0.3 is 0 Å². The van der Waals surface area contributed by atoms with E-state index in [0.717, 1.165) is 15.5 Å². The third-order valence-corrected chi connectivity index (χ3v) is 6.99. The van der Waals surface area contributed by atoms with Gasteiger partial charge in [0.25, 0.3) is 5.91 Å². The number of anilines is 2. The molecule has 152 valence electrons. The lowest BCUT2D eigenvalue weighted by Gasteiger charge is -2.23. The summed E-state index contributed by atoms with van der Waals surface area (Å²) in [5.41, 5.74) is 2.81. The first-order valence-corrected chi connectivity index (χ1v) is 12.5. The Morgan fingerprint density at radius 1 is 1.17 bits per heavy atom. The molecule has 0 saturated carbocycles. The van der Waals surface area contributed by atoms with Gasteiger partial charge in [0.05, 0.1) is 18.5 Å². The van der Waals surface area contributed by atoms with Gasteiger partial charge < -0.3 is 0 Å². The summed E-state index contributed by atoms with van der Waals surface area (Å²) < 4.78 is 26.7. The SMILES string of the molecule is CSc1nnc(NC(=O)c2ccc(CN(c3cccc(C)c3)S(C)(=O)=O)cc2)s1. The molecule has 1 heterocycles. The van der Waals surface area contributed by atoms with Crippen molar-refractivity contribution in [3.8, 4) is 0 Å². The zero-order valence-corrected chi connectivity index (χ0v) is 18.6. The second kappa shape index (κ2) is 8.93. The van der Waals surface area contributed by atoms with Crippen LogP contribution in [0.3, 0.4) is 0 Å². The standard InChI is InChI=1S/C19H20N4O3S3/c1-13-5-4-6-16(11-13)23(29(3,25)26)12-14-7-9-15(10-8-14)17(24)20-18-21-22-19(27-2)28-18/h4-11H,12H2,1-3H3,(H,20,21,24). The van der Waals surface area contributed by atoms with Gasteiger partial charge in [-0.2, -0.15) is 0 Å². The van der Waals surface area contributed by atoms with E-state index >= 15 is 0 Å². The quantitative estimate of drug-likeness (QED) is 0.437. The van der Waals surface area contributed by atoms with E-state index in [0.29, 0.717) is 16.4 Å². The van der Waals surface area contributed by atoms with Crippen LogP contribution in [-0.4, -0.2) is 37.0 Å². The number of benzene rings is 2. The molecular formula is C19H20N4O3S3. The van der Waals surface area contributed by atoms with Crippen LogP contribution >= 0.6 is 23.1 Å². The van der Waals surface area contributed by atoms with Gasteiger partial charge in [-0.3, -0.25) is 14.4 Å². The molecule has 0 radical (unpaired) electrons. The van der Waals surface area contributed by atoms with E-state index in [4.69, 9.17) is 0 Å². The maximum Gasteiger partial charge on any atom is 0.257 e. The second-order valence-electron chi connectivity index (χ2n) is 6.34. The Morgan fingerprint density at radius 2 is 1.90 bits per heavy atom. The van der Waals surface area contributed by atoms with Crippen LogP contribution in [0.4, 0.5) is 10.8 Å². The van der Waals surface area contributed by atoms with E-state index < -0.39 is 10.0 Å². The number of nitrogens with zero attached hydrogens (tertiary/aromatic N) is 3. The Kier molecular flexibility index (Phi) is 6.56. The summed E-state index contributed by atoms with van der Waals surface area (Å²) in [6, 6.07) is 14.2. The second-order valence-corrected chi connectivity index (χ2v) is 10.3. The summed E-state index contributed by atoms with van der Waals surface area (Å²) in [6.07, 6.45) is 3.07. The van der Waals surface area contributed by atoms with Crippen molar-refractivity contribution in [3.05, 3.63) is 65.2 Å². The van der Waals surface area contributed by atoms with Crippen LogP contribution in [0.25, 0.3) is 0 Å². The normalized spacial score (nSPS) is 11.3. The van der Waals surface area contributed by atoms with Crippen molar-refractivity contribution in [1.29, 1.82) is 0 Å². The number of aryl methyl sites for hydroxylation is 1. The van der Waals surface area contributed by atoms with Crippen LogP contribution in [-0.2, 0) is 16.6 Å². The van der Waals surface area contributed by atoms with Crippen molar-refractivity contribution >= 4 is 49.8 Å². The minimum Gasteiger partial charge on any atom is -0.296 e. The minimum atomic E-state index is -3.46. The van der Waals surface area contributed by atoms with E-state index in [2.05, 4.69) is 15.5 Å². The smallest absolute Gasteiger partial charge is 0.257 e. The first-order valence-electron chi connectivity index (χ1n) is 8.58. The van der Waals surface area contributed by atoms with E-state index in [9.17, 15) is 13.2 Å². The third kappa shape index (κ3) is 5.55. The number of rotatable bonds is 7. The lowest BCUT2D eigenvalue weighted by Crippen LogP contribution is -2.29. The number of sulfonamides is 1. The average molecular weight is 449 g/mol. The van der Waals surface area contributed by atoms with Crippen molar-refractivity contribution in [1.82, 2.24) is 10.2 Å². The molecule has 0 aliphatic rings. The van der Waals surface area contributed by atoms with E-state index in [1.807, 2.05) is 31.4 Å². The molecule has 2 aromatic carbocycles. The lowest BCUT2D eigenvalue weighted by atomic mass is 10.1. The van der Waals surface area contributed by atoms with Gasteiger partial charge in [0.1, 0.15) is 0 Å². The summed E-state index contributed by atoms with van der Waals surface area (Å²) in [5, 5.41) is 11.0. The number of hydrogen-bond acceptors (Lipinski definition) is 7. The summed E-state index contributed by atoms with van der Waals surface area (Å²) in [4.78, 5) is 12.4. The molecule has 7 nitrogen and oxygen atoms in total. The molecule has 10 heteroatoms. The van der Waals surface area contributed by atoms with Crippen molar-refractivity contribution in [2.45, 2.75) is 17.8 Å². The number of hydrogen-bond donors (Lipinski definition) is 1. The fourth-order valence-corrected chi connectivity index (χ4v) is 4.67. The molecule has 29 heavy (non-hydrogen) atoms. The Morgan fingerprint density at radius 3 is 2.48 bits per heavy atom. The van der Waals surface area contributed by atoms with Crippen LogP contribution in [0.1, 0.15) is 21.5 Å². The summed E-state index contributed by atoms with van der Waals surface area (Å²) >= 11 is 2.77. The van der Waals surface area contributed by atoms with Gasteiger partial charge in [0, 0.05) is 5.56 Å². The van der Waals surface area contributed by atoms with Crippen molar-refractivity contribution < 1.29 is 13.2 Å². The van der Waals surface area contributed by atoms with Gasteiger partial charge in [-0.25, -0.2) is 8.42 Å². The Bertz CT molecular complexity index is 1110. The van der Waals surface area contributed by atoms with Gasteiger partial charge in [-0.1, -0.05) is 47.4 Å². The van der Waals surface area contributed by atoms with Gasteiger partial charge in [0.2, 0.25) is 15.2 Å². The molecule has 0 aliphatic heterocycles. The fourth-order valence-electron chi connectivity index (χ4n) is 2.62. The topological polar surface area (TPSA) is 92.3 Å². The van der Waals surface area contributed by atoms with E-state index in [1.54, 1.807) is 30.3 Å². The Balaban J connectivity index is 1.75. The van der Waals surface area contributed by atoms with Gasteiger partial charge in [-0.15, -0.1) is 10.2 Å². The molecular weight excluding hydrogens is 428 g/mol.